The maximum Gasteiger partial charge on any atom is 0.356 e. The number of hydrogen-bond donors (Lipinski definition) is 1. The molecule has 7 aliphatic heterocycles. The van der Waals surface area contributed by atoms with Gasteiger partial charge in [-0.25, -0.2) is 34.7 Å². The number of carbonyl (C=O) groups is 4. The van der Waals surface area contributed by atoms with Crippen LogP contribution in [-0.4, -0.2) is 143 Å². The fourth-order valence-electron chi connectivity index (χ4n) is 16.7. The highest BCUT2D eigenvalue weighted by Crippen LogP contribution is 2.54. The number of carboxylic acids is 1. The van der Waals surface area contributed by atoms with Gasteiger partial charge in [0.25, 0.3) is 17.7 Å². The highest BCUT2D eigenvalue weighted by Gasteiger charge is 2.50. The van der Waals surface area contributed by atoms with Crippen LogP contribution >= 0.6 is 124 Å². The maximum absolute atomic E-state index is 14.0. The number of aromatic carboxylic acids is 1. The minimum atomic E-state index is -1.06. The van der Waals surface area contributed by atoms with Crippen molar-refractivity contribution in [1.82, 2.24) is 58.1 Å². The zero-order valence-electron chi connectivity index (χ0n) is 71.4. The van der Waals surface area contributed by atoms with E-state index in [2.05, 4.69) is 80.2 Å². The number of aromatic nitrogens is 12. The fraction of sp³-hybridized carbons (Fsp3) is 0.281. The average molecular weight is 2060 g/mol. The molecular weight excluding hydrogens is 1980 g/mol. The number of thiophene rings is 4. The molecule has 131 heavy (non-hydrogen) atoms. The molecule has 1 N–H and O–H groups in total. The van der Waals surface area contributed by atoms with Crippen LogP contribution in [0.4, 0.5) is 17.1 Å². The van der Waals surface area contributed by atoms with E-state index in [9.17, 15) is 24.3 Å². The summed E-state index contributed by atoms with van der Waals surface area (Å²) in [6.45, 7) is 17.0. The molecule has 7 aliphatic rings. The summed E-state index contributed by atoms with van der Waals surface area (Å²) in [5.41, 5.74) is 8.38. The molecule has 0 aliphatic carbocycles. The number of anilines is 3. The normalized spacial score (nSPS) is 15.9. The number of nitrogens with zero attached hydrogens (tertiary/aromatic N) is 15. The number of halogens is 6. The molecule has 0 radical (unpaired) electrons. The Kier molecular flexibility index (Phi) is 25.2. The molecule has 32 nitrogen and oxygen atoms in total. The van der Waals surface area contributed by atoms with Gasteiger partial charge in [0.2, 0.25) is 38.9 Å². The second-order valence-corrected chi connectivity index (χ2v) is 39.6. The second-order valence-electron chi connectivity index (χ2n) is 31.1. The van der Waals surface area contributed by atoms with E-state index in [-0.39, 0.29) is 98.7 Å². The Bertz CT molecular complexity index is 6620. The quantitative estimate of drug-likeness (QED) is 0.0698. The van der Waals surface area contributed by atoms with Crippen LogP contribution in [-0.2, 0) is 6.42 Å². The van der Waals surface area contributed by atoms with Gasteiger partial charge in [0.15, 0.2) is 78.2 Å². The Morgan fingerprint density at radius 3 is 1.13 bits per heavy atom. The molecule has 21 rings (SSSR count). The third-order valence-electron chi connectivity index (χ3n) is 22.1. The molecule has 10 aromatic heterocycles. The summed E-state index contributed by atoms with van der Waals surface area (Å²) in [6.07, 6.45) is 3.76. The first-order valence-electron chi connectivity index (χ1n) is 40.6. The smallest absolute Gasteiger partial charge is 0.356 e. The minimum Gasteiger partial charge on any atom is -0.480 e. The lowest BCUT2D eigenvalue weighted by molar-refractivity contribution is 0.0688. The second kappa shape index (κ2) is 36.8. The molecule has 42 heteroatoms. The van der Waals surface area contributed by atoms with Crippen molar-refractivity contribution < 1.29 is 81.1 Å². The van der Waals surface area contributed by atoms with Crippen molar-refractivity contribution in [3.05, 3.63) is 231 Å². The van der Waals surface area contributed by atoms with E-state index in [1.807, 2.05) is 164 Å². The molecule has 0 fully saturated rings. The number of benzene rings is 4. The summed E-state index contributed by atoms with van der Waals surface area (Å²) < 4.78 is 77.1. The summed E-state index contributed by atoms with van der Waals surface area (Å²) >= 11 is 37.9. The first-order valence-corrected chi connectivity index (χ1v) is 47.0. The van der Waals surface area contributed by atoms with Gasteiger partial charge in [-0.1, -0.05) is 52.5 Å². The van der Waals surface area contributed by atoms with Crippen LogP contribution in [0.5, 0.6) is 69.8 Å². The van der Waals surface area contributed by atoms with Gasteiger partial charge in [-0.15, -0.1) is 45.3 Å². The zero-order valence-corrected chi connectivity index (χ0v) is 80.9. The van der Waals surface area contributed by atoms with Crippen molar-refractivity contribution in [1.29, 1.82) is 0 Å². The summed E-state index contributed by atoms with van der Waals surface area (Å²) in [7, 11) is 6.01. The molecule has 14 aromatic rings. The fourth-order valence-corrected chi connectivity index (χ4v) is 22.9. The van der Waals surface area contributed by atoms with Crippen LogP contribution in [0, 0.1) is 0 Å². The lowest BCUT2D eigenvalue weighted by atomic mass is 9.92. The number of rotatable bonds is 21. The molecule has 0 saturated carbocycles. The van der Waals surface area contributed by atoms with Crippen LogP contribution in [0.15, 0.2) is 143 Å². The molecule has 676 valence electrons. The number of imidazole rings is 4. The van der Waals surface area contributed by atoms with Gasteiger partial charge >= 0.3 is 18.0 Å². The van der Waals surface area contributed by atoms with Crippen LogP contribution in [0.1, 0.15) is 193 Å². The molecule has 0 bridgehead atoms. The summed E-state index contributed by atoms with van der Waals surface area (Å²) in [5.74, 6) is 4.92. The van der Waals surface area contributed by atoms with E-state index in [4.69, 9.17) is 113 Å². The van der Waals surface area contributed by atoms with Crippen molar-refractivity contribution in [2.75, 3.05) is 70.3 Å². The van der Waals surface area contributed by atoms with E-state index in [0.29, 0.717) is 148 Å². The van der Waals surface area contributed by atoms with Gasteiger partial charge in [-0.2, -0.15) is 9.97 Å². The summed E-state index contributed by atoms with van der Waals surface area (Å²) in [6, 6.07) is 36.5. The molecule has 3 amide bonds. The van der Waals surface area contributed by atoms with E-state index in [1.54, 1.807) is 39.2 Å². The molecule has 4 atom stereocenters. The van der Waals surface area contributed by atoms with Gasteiger partial charge in [0, 0.05) is 97.2 Å². The number of methoxy groups -OCH3 is 4. The van der Waals surface area contributed by atoms with Gasteiger partial charge in [0.1, 0.15) is 29.8 Å². The first kappa shape index (κ1) is 89.9. The standard InChI is InChI=1S/2C25H22ClN5O5S.C20H18BrClN2O4S.C19H15BrClN3O3S/c2*1-12(2)30-21-19(28-22(30)14-10-27-25(34-4)29-23(14)33-3)24(32)31(20(21)17-7-8-18(26)37-17)13-5-6-15-16(9-13)36-11-35-15;1-10(2)24-18(17(19(25)26)23-20(24)21)12(15-5-6-16(22)29-15)7-11-3-4-13-14(8-11)28-9-27-13;1-9(2)23-17-15(22-19(23)20)18(25)24(16(17)13-5-6-14(21)28-13)10-3-4-11-12(7-10)27-8-26-11/h2*5-10,12,20H,11H2,1-4H3;3-6,8,10,12H,7,9H2,1-2H3,(H,25,26);3-7,9,16H,8H2,1-2H3/t2*20-;;/m10../s1. The average Bonchev–Trinajstić information content (AvgIpc) is 1.57. The Labute approximate surface area is 801 Å². The number of amides is 3. The number of ether oxygens (including phenoxy) is 12. The topological polar surface area (TPSA) is 332 Å². The third-order valence-corrected chi connectivity index (χ3v) is 28.4. The Hall–Kier alpha value is -11.7. The molecule has 2 unspecified atom stereocenters. The van der Waals surface area contributed by atoms with Crippen LogP contribution < -0.4 is 71.5 Å². The highest BCUT2D eigenvalue weighted by atomic mass is 79.9. The van der Waals surface area contributed by atoms with Crippen molar-refractivity contribution in [3.8, 4) is 92.6 Å². The predicted octanol–water partition coefficient (Wildman–Crippen LogP) is 21.4. The Morgan fingerprint density at radius 1 is 0.427 bits per heavy atom. The number of hydrogen-bond acceptors (Lipinski definition) is 28. The molecule has 0 spiro atoms. The van der Waals surface area contributed by atoms with Crippen LogP contribution in [0.25, 0.3) is 22.8 Å². The monoisotopic (exact) mass is 2050 g/mol. The highest BCUT2D eigenvalue weighted by molar-refractivity contribution is 9.10. The van der Waals surface area contributed by atoms with Crippen molar-refractivity contribution in [2.24, 2.45) is 0 Å². The number of carboxylic acid groups (broad SMARTS) is 1. The van der Waals surface area contributed by atoms with Gasteiger partial charge in [-0.05, 0) is 196 Å². The number of carbonyl (C=O) groups excluding carboxylic acids is 3. The van der Waals surface area contributed by atoms with E-state index < -0.39 is 18.1 Å². The van der Waals surface area contributed by atoms with E-state index >= 15 is 0 Å². The lowest BCUT2D eigenvalue weighted by Gasteiger charge is -2.27. The molecule has 4 aromatic carbocycles. The van der Waals surface area contributed by atoms with Gasteiger partial charge in [-0.3, -0.25) is 29.1 Å². The van der Waals surface area contributed by atoms with Crippen LogP contribution in [0.3, 0.4) is 0 Å². The summed E-state index contributed by atoms with van der Waals surface area (Å²) in [5, 5.41) is 9.82. The molecular formula is C89H77Br2Cl4N15O17S4. The van der Waals surface area contributed by atoms with Crippen molar-refractivity contribution in [3.63, 3.8) is 0 Å². The Morgan fingerprint density at radius 2 is 0.779 bits per heavy atom. The third kappa shape index (κ3) is 16.6. The van der Waals surface area contributed by atoms with Crippen molar-refractivity contribution >= 4 is 164 Å². The summed E-state index contributed by atoms with van der Waals surface area (Å²) in [4.78, 5) is 98.1. The van der Waals surface area contributed by atoms with Crippen molar-refractivity contribution in [2.45, 2.75) is 110 Å². The minimum absolute atomic E-state index is 0.0228. The zero-order chi connectivity index (χ0) is 92.0. The predicted molar refractivity (Wildman–Crippen MR) is 500 cm³/mol. The van der Waals surface area contributed by atoms with Gasteiger partial charge in [0.05, 0.1) is 79.7 Å². The Balaban J connectivity index is 0.000000118. The lowest BCUT2D eigenvalue weighted by Crippen LogP contribution is -2.29. The first-order chi connectivity index (χ1) is 63.1. The molecule has 17 heterocycles. The molecule has 0 saturated heterocycles. The largest absolute Gasteiger partial charge is 0.480 e. The maximum atomic E-state index is 14.0. The van der Waals surface area contributed by atoms with Crippen LogP contribution in [0.2, 0.25) is 17.3 Å². The van der Waals surface area contributed by atoms with E-state index in [1.165, 1.54) is 73.8 Å². The van der Waals surface area contributed by atoms with Gasteiger partial charge < -0.3 is 80.2 Å². The SMILES string of the molecule is CC(C)n1c(Br)nc(C(=O)O)c1C(Cc1ccc2c(c1)OCO2)c1ccc(Cl)s1.CC(C)n1c(Br)nc2c1C(c1ccc(Cl)s1)N(c1ccc3c(c1)OCO3)C2=O.COc1ncc(-c2nc3c(n2C(C)C)[C@@H](c2ccc(Cl)s2)N(c2ccc4c(c2)OCO4)C3=O)c(OC)n1.COc1ncc(-c2nc3c(n2C(C)C)[C@H](c2ccc(Cl)s2)N(c2ccc4c(c2)OCO4)C3=O)c(OC)n1. The number of fused-ring (bicyclic) bond motifs is 7. The van der Waals surface area contributed by atoms with E-state index in [0.717, 1.165) is 47.8 Å².